The van der Waals surface area contributed by atoms with E-state index < -0.39 is 0 Å². The van der Waals surface area contributed by atoms with Gasteiger partial charge in [0, 0.05) is 31.0 Å². The Morgan fingerprint density at radius 2 is 2.23 bits per heavy atom. The lowest BCUT2D eigenvalue weighted by molar-refractivity contribution is 0.0995. The Morgan fingerprint density at radius 3 is 2.95 bits per heavy atom. The number of imidazole rings is 1. The number of furan rings is 1. The molecule has 2 aromatic heterocycles. The topological polar surface area (TPSA) is 60.1 Å². The van der Waals surface area contributed by atoms with Crippen molar-refractivity contribution in [2.45, 2.75) is 19.9 Å². The molecule has 0 aliphatic carbocycles. The molecule has 0 saturated heterocycles. The van der Waals surface area contributed by atoms with Crippen LogP contribution in [0.25, 0.3) is 0 Å². The van der Waals surface area contributed by atoms with Gasteiger partial charge in [0.25, 0.3) is 5.91 Å². The third kappa shape index (κ3) is 3.25. The lowest BCUT2D eigenvalue weighted by Gasteiger charge is -2.07. The van der Waals surface area contributed by atoms with E-state index >= 15 is 0 Å². The fraction of sp³-hybridized carbons (Fsp3) is 0.176. The van der Waals surface area contributed by atoms with Gasteiger partial charge in [-0.1, -0.05) is 19.1 Å². The number of aromatic nitrogens is 2. The lowest BCUT2D eigenvalue weighted by atomic mass is 10.2. The summed E-state index contributed by atoms with van der Waals surface area (Å²) in [5.41, 5.74) is 1.83. The summed E-state index contributed by atoms with van der Waals surface area (Å²) in [6.45, 7) is 2.70. The number of carbonyl (C=O) groups excluding carboxylic acids is 1. The van der Waals surface area contributed by atoms with E-state index in [0.29, 0.717) is 12.3 Å². The van der Waals surface area contributed by atoms with E-state index in [1.165, 1.54) is 0 Å². The van der Waals surface area contributed by atoms with Crippen molar-refractivity contribution in [3.8, 4) is 0 Å². The van der Waals surface area contributed by atoms with Gasteiger partial charge in [-0.2, -0.15) is 0 Å². The number of amides is 1. The molecule has 0 bridgehead atoms. The molecule has 0 aliphatic rings. The van der Waals surface area contributed by atoms with E-state index in [-0.39, 0.29) is 5.91 Å². The Balaban J connectivity index is 1.70. The van der Waals surface area contributed by atoms with Gasteiger partial charge < -0.3 is 14.3 Å². The monoisotopic (exact) mass is 295 g/mol. The number of nitrogens with zero attached hydrogens (tertiary/aromatic N) is 2. The third-order valence-corrected chi connectivity index (χ3v) is 3.34. The Bertz CT molecular complexity index is 760. The standard InChI is InChI=1S/C17H17N3O2/c1-2-15-6-7-16(22-15)17(21)19-14-5-3-4-13(10-14)11-20-9-8-18-12-20/h3-10,12H,2,11H2,1H3,(H,19,21). The molecule has 0 atom stereocenters. The van der Waals surface area contributed by atoms with Crippen LogP contribution in [-0.2, 0) is 13.0 Å². The van der Waals surface area contributed by atoms with Gasteiger partial charge >= 0.3 is 0 Å². The second-order valence-corrected chi connectivity index (χ2v) is 5.01. The maximum atomic E-state index is 12.2. The van der Waals surface area contributed by atoms with Crippen molar-refractivity contribution in [1.29, 1.82) is 0 Å². The van der Waals surface area contributed by atoms with Crippen LogP contribution in [0.2, 0.25) is 0 Å². The molecular weight excluding hydrogens is 278 g/mol. The fourth-order valence-electron chi connectivity index (χ4n) is 2.22. The summed E-state index contributed by atoms with van der Waals surface area (Å²) in [5.74, 6) is 0.898. The van der Waals surface area contributed by atoms with Crippen LogP contribution in [0.15, 0.2) is 59.5 Å². The summed E-state index contributed by atoms with van der Waals surface area (Å²) < 4.78 is 7.43. The predicted molar refractivity (Wildman–Crippen MR) is 83.8 cm³/mol. The number of hydrogen-bond acceptors (Lipinski definition) is 3. The van der Waals surface area contributed by atoms with Crippen LogP contribution in [0.4, 0.5) is 5.69 Å². The van der Waals surface area contributed by atoms with Gasteiger partial charge in [-0.25, -0.2) is 4.98 Å². The summed E-state index contributed by atoms with van der Waals surface area (Å²) in [4.78, 5) is 16.2. The molecular formula is C17H17N3O2. The van der Waals surface area contributed by atoms with Gasteiger partial charge in [0.15, 0.2) is 5.76 Å². The number of hydrogen-bond donors (Lipinski definition) is 1. The van der Waals surface area contributed by atoms with Gasteiger partial charge in [0.1, 0.15) is 5.76 Å². The van der Waals surface area contributed by atoms with E-state index in [2.05, 4.69) is 10.3 Å². The zero-order valence-corrected chi connectivity index (χ0v) is 12.3. The summed E-state index contributed by atoms with van der Waals surface area (Å²) in [6.07, 6.45) is 6.18. The quantitative estimate of drug-likeness (QED) is 0.785. The van der Waals surface area contributed by atoms with Crippen LogP contribution in [0.1, 0.15) is 28.8 Å². The first kappa shape index (κ1) is 14.1. The van der Waals surface area contributed by atoms with E-state index in [9.17, 15) is 4.79 Å². The first-order valence-corrected chi connectivity index (χ1v) is 7.19. The first-order valence-electron chi connectivity index (χ1n) is 7.19. The van der Waals surface area contributed by atoms with Crippen molar-refractivity contribution in [2.75, 3.05) is 5.32 Å². The number of carbonyl (C=O) groups is 1. The van der Waals surface area contributed by atoms with Gasteiger partial charge in [0.2, 0.25) is 0 Å². The second-order valence-electron chi connectivity index (χ2n) is 5.01. The Kier molecular flexibility index (Phi) is 4.05. The van der Waals surface area contributed by atoms with Crippen LogP contribution in [-0.4, -0.2) is 15.5 Å². The Morgan fingerprint density at radius 1 is 1.32 bits per heavy atom. The second kappa shape index (κ2) is 6.30. The number of rotatable bonds is 5. The summed E-state index contributed by atoms with van der Waals surface area (Å²) in [6, 6.07) is 11.3. The molecule has 0 unspecified atom stereocenters. The number of aryl methyl sites for hydroxylation is 1. The van der Waals surface area contributed by atoms with Gasteiger partial charge in [-0.3, -0.25) is 4.79 Å². The maximum Gasteiger partial charge on any atom is 0.291 e. The molecule has 0 radical (unpaired) electrons. The van der Waals surface area contributed by atoms with Crippen molar-refractivity contribution < 1.29 is 9.21 Å². The van der Waals surface area contributed by atoms with Crippen LogP contribution >= 0.6 is 0 Å². The number of nitrogens with one attached hydrogen (secondary N) is 1. The fourth-order valence-corrected chi connectivity index (χ4v) is 2.22. The van der Waals surface area contributed by atoms with Gasteiger partial charge in [-0.15, -0.1) is 0 Å². The molecule has 1 aromatic carbocycles. The largest absolute Gasteiger partial charge is 0.456 e. The van der Waals surface area contributed by atoms with Crippen LogP contribution in [0.5, 0.6) is 0 Å². The normalized spacial score (nSPS) is 10.6. The molecule has 1 amide bonds. The van der Waals surface area contributed by atoms with Crippen molar-refractivity contribution in [3.63, 3.8) is 0 Å². The van der Waals surface area contributed by atoms with Crippen LogP contribution in [0, 0.1) is 0 Å². The average molecular weight is 295 g/mol. The SMILES string of the molecule is CCc1ccc(C(=O)Nc2cccc(Cn3ccnc3)c2)o1. The molecule has 3 rings (SSSR count). The zero-order chi connectivity index (χ0) is 15.4. The molecule has 2 heterocycles. The highest BCUT2D eigenvalue weighted by atomic mass is 16.3. The minimum Gasteiger partial charge on any atom is -0.456 e. The molecule has 0 fully saturated rings. The Hall–Kier alpha value is -2.82. The zero-order valence-electron chi connectivity index (χ0n) is 12.3. The molecule has 0 aliphatic heterocycles. The van der Waals surface area contributed by atoms with E-state index in [1.54, 1.807) is 18.6 Å². The van der Waals surface area contributed by atoms with Crippen molar-refractivity contribution in [1.82, 2.24) is 9.55 Å². The number of anilines is 1. The van der Waals surface area contributed by atoms with Gasteiger partial charge in [0.05, 0.1) is 6.33 Å². The minimum atomic E-state index is -0.237. The van der Waals surface area contributed by atoms with E-state index in [0.717, 1.165) is 23.4 Å². The molecule has 0 spiro atoms. The maximum absolute atomic E-state index is 12.2. The molecule has 0 saturated carbocycles. The first-order chi connectivity index (χ1) is 10.7. The summed E-state index contributed by atoms with van der Waals surface area (Å²) in [5, 5.41) is 2.86. The third-order valence-electron chi connectivity index (χ3n) is 3.34. The Labute approximate surface area is 128 Å². The van der Waals surface area contributed by atoms with E-state index in [4.69, 9.17) is 4.42 Å². The highest BCUT2D eigenvalue weighted by Gasteiger charge is 2.11. The van der Waals surface area contributed by atoms with Crippen molar-refractivity contribution >= 4 is 11.6 Å². The smallest absolute Gasteiger partial charge is 0.291 e. The van der Waals surface area contributed by atoms with Crippen LogP contribution in [0.3, 0.4) is 0 Å². The highest BCUT2D eigenvalue weighted by Crippen LogP contribution is 2.15. The molecule has 3 aromatic rings. The summed E-state index contributed by atoms with van der Waals surface area (Å²) >= 11 is 0. The van der Waals surface area contributed by atoms with Crippen molar-refractivity contribution in [3.05, 3.63) is 72.2 Å². The average Bonchev–Trinajstić information content (AvgIpc) is 3.18. The predicted octanol–water partition coefficient (Wildman–Crippen LogP) is 3.34. The van der Waals surface area contributed by atoms with Crippen LogP contribution < -0.4 is 5.32 Å². The lowest BCUT2D eigenvalue weighted by Crippen LogP contribution is -2.11. The molecule has 112 valence electrons. The van der Waals surface area contributed by atoms with E-state index in [1.807, 2.05) is 48.0 Å². The summed E-state index contributed by atoms with van der Waals surface area (Å²) in [7, 11) is 0. The number of benzene rings is 1. The van der Waals surface area contributed by atoms with Crippen molar-refractivity contribution in [2.24, 2.45) is 0 Å². The molecule has 5 nitrogen and oxygen atoms in total. The highest BCUT2D eigenvalue weighted by molar-refractivity contribution is 6.02. The molecule has 22 heavy (non-hydrogen) atoms. The molecule has 5 heteroatoms. The minimum absolute atomic E-state index is 0.237. The van der Waals surface area contributed by atoms with Gasteiger partial charge in [-0.05, 0) is 29.8 Å². The molecule has 1 N–H and O–H groups in total.